The van der Waals surface area contributed by atoms with Gasteiger partial charge in [-0.05, 0) is 29.9 Å². The fourth-order valence-electron chi connectivity index (χ4n) is 1.63. The molecule has 1 aromatic carbocycles. The molecule has 0 spiro atoms. The van der Waals surface area contributed by atoms with E-state index in [4.69, 9.17) is 10.8 Å². The molecule has 2 aromatic rings. The Bertz CT molecular complexity index is 593. The molecule has 0 saturated carbocycles. The quantitative estimate of drug-likeness (QED) is 0.492. The van der Waals surface area contributed by atoms with Crippen LogP contribution in [0.5, 0.6) is 0 Å². The van der Waals surface area contributed by atoms with E-state index in [-0.39, 0.29) is 11.4 Å². The number of aryl methyl sites for hydroxylation is 1. The van der Waals surface area contributed by atoms with Crippen molar-refractivity contribution in [3.8, 4) is 0 Å². The van der Waals surface area contributed by atoms with Gasteiger partial charge in [-0.2, -0.15) is 0 Å². The molecule has 1 heterocycles. The summed E-state index contributed by atoms with van der Waals surface area (Å²) in [6.45, 7) is 1.89. The monoisotopic (exact) mass is 219 g/mol. The minimum atomic E-state index is -1.16. The zero-order valence-corrected chi connectivity index (χ0v) is 8.64. The number of carboxylic acid groups (broad SMARTS) is 1. The molecule has 5 heteroatoms. The maximum Gasteiger partial charge on any atom is 0.344 e. The number of carboxylic acids is 1. The predicted octanol–water partition coefficient (Wildman–Crippen LogP) is 0.953. The standard InChI is InChI=1S/C11H10N2O3/c1-6-2-3-9-7(4-6)5-8(11(14)15)10(12)13(9)16/h2-5,12,16H,1H3,(H,14,15)/p+1. The summed E-state index contributed by atoms with van der Waals surface area (Å²) in [6.07, 6.45) is 0. The van der Waals surface area contributed by atoms with E-state index in [9.17, 15) is 10.0 Å². The van der Waals surface area contributed by atoms with E-state index in [0.29, 0.717) is 15.6 Å². The molecule has 0 unspecified atom stereocenters. The smallest absolute Gasteiger partial charge is 0.344 e. The van der Waals surface area contributed by atoms with Crippen molar-refractivity contribution in [3.05, 3.63) is 35.4 Å². The number of rotatable bonds is 1. The van der Waals surface area contributed by atoms with Crippen molar-refractivity contribution in [1.82, 2.24) is 0 Å². The Morgan fingerprint density at radius 1 is 1.38 bits per heavy atom. The summed E-state index contributed by atoms with van der Waals surface area (Å²) in [4.78, 5) is 10.9. The number of anilines is 1. The largest absolute Gasteiger partial charge is 0.477 e. The Hall–Kier alpha value is -2.30. The highest BCUT2D eigenvalue weighted by Gasteiger charge is 2.20. The highest BCUT2D eigenvalue weighted by atomic mass is 16.5. The molecule has 4 N–H and O–H groups in total. The van der Waals surface area contributed by atoms with Crippen LogP contribution in [0, 0.1) is 6.92 Å². The van der Waals surface area contributed by atoms with E-state index in [1.807, 2.05) is 13.0 Å². The number of benzene rings is 1. The van der Waals surface area contributed by atoms with Gasteiger partial charge in [-0.25, -0.2) is 4.79 Å². The molecular weight excluding hydrogens is 208 g/mol. The first kappa shape index (κ1) is 10.2. The van der Waals surface area contributed by atoms with Crippen LogP contribution < -0.4 is 10.5 Å². The van der Waals surface area contributed by atoms with Crippen molar-refractivity contribution >= 4 is 22.7 Å². The molecule has 0 amide bonds. The Labute approximate surface area is 91.3 Å². The molecule has 2 rings (SSSR count). The molecule has 0 aliphatic heterocycles. The van der Waals surface area contributed by atoms with Crippen molar-refractivity contribution in [2.24, 2.45) is 0 Å². The van der Waals surface area contributed by atoms with E-state index < -0.39 is 5.97 Å². The average Bonchev–Trinajstić information content (AvgIpc) is 2.22. The molecule has 0 atom stereocenters. The molecule has 1 aromatic heterocycles. The summed E-state index contributed by atoms with van der Waals surface area (Å²) in [5.41, 5.74) is 6.87. The number of aromatic carboxylic acids is 1. The molecule has 0 radical (unpaired) electrons. The fourth-order valence-corrected chi connectivity index (χ4v) is 1.63. The maximum absolute atomic E-state index is 10.9. The number of nitrogens with two attached hydrogens (primary N) is 1. The molecule has 82 valence electrons. The Morgan fingerprint density at radius 2 is 2.06 bits per heavy atom. The molecule has 0 aliphatic carbocycles. The highest BCUT2D eigenvalue weighted by Crippen LogP contribution is 2.17. The minimum Gasteiger partial charge on any atom is -0.477 e. The molecule has 5 nitrogen and oxygen atoms in total. The van der Waals surface area contributed by atoms with Crippen molar-refractivity contribution < 1.29 is 19.8 Å². The van der Waals surface area contributed by atoms with Gasteiger partial charge < -0.3 is 10.3 Å². The van der Waals surface area contributed by atoms with Crippen molar-refractivity contribution in [1.29, 1.82) is 0 Å². The lowest BCUT2D eigenvalue weighted by Crippen LogP contribution is -2.36. The lowest BCUT2D eigenvalue weighted by atomic mass is 10.1. The number of nitrogen functional groups attached to an aromatic ring is 1. The van der Waals surface area contributed by atoms with Crippen LogP contribution in [0.15, 0.2) is 24.3 Å². The Morgan fingerprint density at radius 3 is 2.69 bits per heavy atom. The third-order valence-corrected chi connectivity index (χ3v) is 2.45. The Balaban J connectivity index is 2.88. The van der Waals surface area contributed by atoms with Gasteiger partial charge in [-0.15, -0.1) is 0 Å². The fraction of sp³-hybridized carbons (Fsp3) is 0.0909. The number of hydrogen-bond acceptors (Lipinski definition) is 3. The third kappa shape index (κ3) is 1.42. The van der Waals surface area contributed by atoms with E-state index in [0.717, 1.165) is 5.56 Å². The van der Waals surface area contributed by atoms with E-state index in [1.54, 1.807) is 12.1 Å². The summed E-state index contributed by atoms with van der Waals surface area (Å²) in [6, 6.07) is 6.74. The number of aromatic nitrogens is 1. The zero-order valence-electron chi connectivity index (χ0n) is 8.64. The molecule has 0 aliphatic rings. The molecule has 0 fully saturated rings. The number of hydrogen-bond donors (Lipinski definition) is 3. The van der Waals surface area contributed by atoms with Crippen LogP contribution >= 0.6 is 0 Å². The Kier molecular flexibility index (Phi) is 2.16. The third-order valence-electron chi connectivity index (χ3n) is 2.45. The first-order valence-corrected chi connectivity index (χ1v) is 4.68. The van der Waals surface area contributed by atoms with Gasteiger partial charge in [0.25, 0.3) is 0 Å². The van der Waals surface area contributed by atoms with Gasteiger partial charge in [-0.3, -0.25) is 5.73 Å². The first-order valence-electron chi connectivity index (χ1n) is 4.68. The number of carbonyl (C=O) groups is 1. The second-order valence-corrected chi connectivity index (χ2v) is 3.62. The van der Waals surface area contributed by atoms with Crippen molar-refractivity contribution in [2.45, 2.75) is 6.92 Å². The topological polar surface area (TPSA) is 87.4 Å². The summed E-state index contributed by atoms with van der Waals surface area (Å²) in [7, 11) is 0. The highest BCUT2D eigenvalue weighted by molar-refractivity contribution is 5.95. The van der Waals surface area contributed by atoms with Crippen LogP contribution in [-0.2, 0) is 0 Å². The number of nitrogens with zero attached hydrogens (tertiary/aromatic N) is 1. The zero-order chi connectivity index (χ0) is 11.9. The average molecular weight is 219 g/mol. The van der Waals surface area contributed by atoms with Gasteiger partial charge >= 0.3 is 11.8 Å². The summed E-state index contributed by atoms with van der Waals surface area (Å²) < 4.78 is 0.693. The SMILES string of the molecule is Cc1ccc2c(c1)cc(C(=O)O)c(N)[n+]2O. The lowest BCUT2D eigenvalue weighted by Gasteiger charge is -2.03. The van der Waals surface area contributed by atoms with Crippen LogP contribution in [0.3, 0.4) is 0 Å². The van der Waals surface area contributed by atoms with Gasteiger partial charge in [-0.1, -0.05) is 11.6 Å². The van der Waals surface area contributed by atoms with E-state index in [1.165, 1.54) is 6.07 Å². The number of pyridine rings is 1. The van der Waals surface area contributed by atoms with Gasteiger partial charge in [0.15, 0.2) is 11.1 Å². The van der Waals surface area contributed by atoms with Crippen LogP contribution in [0.1, 0.15) is 15.9 Å². The molecule has 0 bridgehead atoms. The van der Waals surface area contributed by atoms with Crippen LogP contribution in [0.2, 0.25) is 0 Å². The molecule has 0 saturated heterocycles. The summed E-state index contributed by atoms with van der Waals surface area (Å²) in [5, 5.41) is 19.3. The van der Waals surface area contributed by atoms with Crippen molar-refractivity contribution in [3.63, 3.8) is 0 Å². The second-order valence-electron chi connectivity index (χ2n) is 3.62. The number of fused-ring (bicyclic) bond motifs is 1. The normalized spacial score (nSPS) is 10.6. The lowest BCUT2D eigenvalue weighted by molar-refractivity contribution is -0.873. The van der Waals surface area contributed by atoms with Crippen molar-refractivity contribution in [2.75, 3.05) is 5.73 Å². The van der Waals surface area contributed by atoms with Crippen LogP contribution in [0.4, 0.5) is 5.82 Å². The molecule has 16 heavy (non-hydrogen) atoms. The minimum absolute atomic E-state index is 0.111. The van der Waals surface area contributed by atoms with Crippen LogP contribution in [-0.4, -0.2) is 16.3 Å². The van der Waals surface area contributed by atoms with Crippen LogP contribution in [0.25, 0.3) is 10.9 Å². The van der Waals surface area contributed by atoms with Gasteiger partial charge in [0.05, 0.1) is 0 Å². The molecular formula is C11H11N2O3+. The van der Waals surface area contributed by atoms with Gasteiger partial charge in [0.1, 0.15) is 0 Å². The van der Waals surface area contributed by atoms with E-state index in [2.05, 4.69) is 0 Å². The van der Waals surface area contributed by atoms with E-state index >= 15 is 0 Å². The summed E-state index contributed by atoms with van der Waals surface area (Å²) >= 11 is 0. The van der Waals surface area contributed by atoms with Gasteiger partial charge in [0, 0.05) is 5.39 Å². The maximum atomic E-state index is 10.9. The predicted molar refractivity (Wildman–Crippen MR) is 57.4 cm³/mol. The first-order chi connectivity index (χ1) is 7.50. The summed E-state index contributed by atoms with van der Waals surface area (Å²) in [5.74, 6) is -1.34. The second kappa shape index (κ2) is 3.37. The van der Waals surface area contributed by atoms with Gasteiger partial charge in [0.2, 0.25) is 0 Å².